The Morgan fingerprint density at radius 3 is 2.59 bits per heavy atom. The first-order chi connectivity index (χ1) is 14.2. The molecule has 0 bridgehead atoms. The average molecular weight is 413 g/mol. The van der Waals surface area contributed by atoms with E-state index in [1.54, 1.807) is 44.2 Å². The normalized spacial score (nSPS) is 12.2. The maximum absolute atomic E-state index is 12.6. The molecule has 0 spiro atoms. The number of rotatable bonds is 10. The van der Waals surface area contributed by atoms with Crippen LogP contribution in [0, 0.1) is 4.91 Å². The quantitative estimate of drug-likeness (QED) is 0.384. The molecule has 3 rings (SSSR count). The van der Waals surface area contributed by atoms with E-state index < -0.39 is 6.29 Å². The molecule has 1 heterocycles. The standard InChI is InChI=1S/C21H23N3O4S/c1-27-21(28-2)18(29-13-14-7-4-3-5-8-14)12-22-20(25)17-11-15-9-6-10-16(24-26)19(15)23-17/h3-11,18,21,23H,12-13H2,1-2H3,(H,22,25). The van der Waals surface area contributed by atoms with Crippen LogP contribution in [0.3, 0.4) is 0 Å². The van der Waals surface area contributed by atoms with Gasteiger partial charge in [-0.25, -0.2) is 0 Å². The maximum Gasteiger partial charge on any atom is 0.267 e. The molecule has 1 atom stereocenters. The third-order valence-electron chi connectivity index (χ3n) is 4.52. The summed E-state index contributed by atoms with van der Waals surface area (Å²) in [6.45, 7) is 0.358. The van der Waals surface area contributed by atoms with Crippen molar-refractivity contribution in [1.29, 1.82) is 0 Å². The van der Waals surface area contributed by atoms with Crippen LogP contribution in [-0.4, -0.2) is 43.2 Å². The third-order valence-corrected chi connectivity index (χ3v) is 5.83. The van der Waals surface area contributed by atoms with E-state index in [1.807, 2.05) is 24.3 Å². The second-order valence-corrected chi connectivity index (χ2v) is 7.63. The molecule has 0 saturated heterocycles. The fourth-order valence-electron chi connectivity index (χ4n) is 3.04. The summed E-state index contributed by atoms with van der Waals surface area (Å²) in [7, 11) is 3.16. The monoisotopic (exact) mass is 413 g/mol. The van der Waals surface area contributed by atoms with Crippen LogP contribution in [0.1, 0.15) is 16.1 Å². The summed E-state index contributed by atoms with van der Waals surface area (Å²) in [6.07, 6.45) is -0.461. The van der Waals surface area contributed by atoms with Crippen molar-refractivity contribution in [2.75, 3.05) is 20.8 Å². The summed E-state index contributed by atoms with van der Waals surface area (Å²) in [5, 5.41) is 6.57. The molecule has 152 valence electrons. The van der Waals surface area contributed by atoms with Crippen molar-refractivity contribution in [2.45, 2.75) is 17.3 Å². The van der Waals surface area contributed by atoms with Crippen LogP contribution >= 0.6 is 11.8 Å². The van der Waals surface area contributed by atoms with Crippen LogP contribution in [0.2, 0.25) is 0 Å². The summed E-state index contributed by atoms with van der Waals surface area (Å²) >= 11 is 1.65. The fraction of sp³-hybridized carbons (Fsp3) is 0.286. The maximum atomic E-state index is 12.6. The zero-order valence-corrected chi connectivity index (χ0v) is 17.1. The number of aromatic amines is 1. The average Bonchev–Trinajstić information content (AvgIpc) is 3.21. The second-order valence-electron chi connectivity index (χ2n) is 6.40. The summed E-state index contributed by atoms with van der Waals surface area (Å²) in [6, 6.07) is 16.9. The van der Waals surface area contributed by atoms with Gasteiger partial charge in [-0.1, -0.05) is 42.5 Å². The molecule has 0 aliphatic heterocycles. The lowest BCUT2D eigenvalue weighted by atomic mass is 10.2. The van der Waals surface area contributed by atoms with E-state index in [9.17, 15) is 9.70 Å². The molecule has 1 aromatic heterocycles. The van der Waals surface area contributed by atoms with Gasteiger partial charge < -0.3 is 19.8 Å². The van der Waals surface area contributed by atoms with Gasteiger partial charge in [0.15, 0.2) is 6.29 Å². The van der Waals surface area contributed by atoms with Crippen molar-refractivity contribution < 1.29 is 14.3 Å². The minimum Gasteiger partial charge on any atom is -0.355 e. The molecule has 0 aliphatic carbocycles. The molecule has 8 heteroatoms. The van der Waals surface area contributed by atoms with Crippen molar-refractivity contribution in [1.82, 2.24) is 10.3 Å². The van der Waals surface area contributed by atoms with E-state index in [4.69, 9.17) is 9.47 Å². The highest BCUT2D eigenvalue weighted by Crippen LogP contribution is 2.26. The van der Waals surface area contributed by atoms with Crippen LogP contribution in [-0.2, 0) is 15.2 Å². The van der Waals surface area contributed by atoms with E-state index in [0.717, 1.165) is 11.1 Å². The van der Waals surface area contributed by atoms with E-state index in [1.165, 1.54) is 5.56 Å². The van der Waals surface area contributed by atoms with Gasteiger partial charge in [-0.2, -0.15) is 0 Å². The topological polar surface area (TPSA) is 92.8 Å². The number of methoxy groups -OCH3 is 2. The van der Waals surface area contributed by atoms with Crippen molar-refractivity contribution in [3.05, 3.63) is 70.8 Å². The molecule has 7 nitrogen and oxygen atoms in total. The van der Waals surface area contributed by atoms with Crippen LogP contribution < -0.4 is 5.32 Å². The van der Waals surface area contributed by atoms with Gasteiger partial charge in [0.25, 0.3) is 5.91 Å². The molecule has 0 fully saturated rings. The Morgan fingerprint density at radius 1 is 1.14 bits per heavy atom. The number of benzene rings is 2. The van der Waals surface area contributed by atoms with Gasteiger partial charge >= 0.3 is 0 Å². The largest absolute Gasteiger partial charge is 0.355 e. The summed E-state index contributed by atoms with van der Waals surface area (Å²) in [5.74, 6) is 0.500. The van der Waals surface area contributed by atoms with Crippen LogP contribution in [0.5, 0.6) is 0 Å². The zero-order chi connectivity index (χ0) is 20.6. The number of thioether (sulfide) groups is 1. The Labute approximate surface area is 173 Å². The lowest BCUT2D eigenvalue weighted by Gasteiger charge is -2.24. The Morgan fingerprint density at radius 2 is 1.90 bits per heavy atom. The van der Waals surface area contributed by atoms with Gasteiger partial charge in [0, 0.05) is 31.9 Å². The van der Waals surface area contributed by atoms with Crippen LogP contribution in [0.15, 0.2) is 59.8 Å². The Hall–Kier alpha value is -2.68. The highest BCUT2D eigenvalue weighted by atomic mass is 32.2. The molecule has 0 aliphatic rings. The number of fused-ring (bicyclic) bond motifs is 1. The van der Waals surface area contributed by atoms with E-state index in [0.29, 0.717) is 17.8 Å². The molecule has 0 saturated carbocycles. The first kappa shape index (κ1) is 21.0. The Bertz CT molecular complexity index is 957. The number of nitrogens with one attached hydrogen (secondary N) is 2. The van der Waals surface area contributed by atoms with Crippen molar-refractivity contribution in [3.63, 3.8) is 0 Å². The van der Waals surface area contributed by atoms with Crippen LogP contribution in [0.4, 0.5) is 5.69 Å². The summed E-state index contributed by atoms with van der Waals surface area (Å²) in [4.78, 5) is 26.6. The molecule has 2 aromatic carbocycles. The molecular formula is C21H23N3O4S. The number of H-pyrrole nitrogens is 1. The Kier molecular flexibility index (Phi) is 7.40. The third kappa shape index (κ3) is 5.23. The van der Waals surface area contributed by atoms with Gasteiger partial charge in [0.1, 0.15) is 11.4 Å². The molecule has 29 heavy (non-hydrogen) atoms. The SMILES string of the molecule is COC(OC)C(CNC(=O)c1cc2cccc(N=O)c2[nH]1)SCc1ccccc1. The molecular weight excluding hydrogens is 390 g/mol. The highest BCUT2D eigenvalue weighted by molar-refractivity contribution is 7.99. The van der Waals surface area contributed by atoms with Gasteiger partial charge in [-0.05, 0) is 22.9 Å². The number of nitroso groups, excluding NO2 is 1. The van der Waals surface area contributed by atoms with E-state index in [-0.39, 0.29) is 16.8 Å². The number of ether oxygens (including phenoxy) is 2. The summed E-state index contributed by atoms with van der Waals surface area (Å²) < 4.78 is 10.8. The molecule has 3 aromatic rings. The number of carbonyl (C=O) groups excluding carboxylic acids is 1. The van der Waals surface area contributed by atoms with E-state index in [2.05, 4.69) is 27.6 Å². The molecule has 1 unspecified atom stereocenters. The number of hydrogen-bond donors (Lipinski definition) is 2. The minimum absolute atomic E-state index is 0.106. The van der Waals surface area contributed by atoms with Crippen LogP contribution in [0.25, 0.3) is 10.9 Å². The fourth-order valence-corrected chi connectivity index (χ4v) is 4.22. The van der Waals surface area contributed by atoms with Gasteiger partial charge in [-0.15, -0.1) is 16.7 Å². The number of amides is 1. The van der Waals surface area contributed by atoms with Gasteiger partial charge in [-0.3, -0.25) is 4.79 Å². The second kappa shape index (κ2) is 10.2. The number of aromatic nitrogens is 1. The molecule has 2 N–H and O–H groups in total. The molecule has 1 amide bonds. The Balaban J connectivity index is 1.67. The predicted octanol–water partition coefficient (Wildman–Crippen LogP) is 4.22. The number of nitrogens with zero attached hydrogens (tertiary/aromatic N) is 1. The molecule has 0 radical (unpaired) electrons. The number of hydrogen-bond acceptors (Lipinski definition) is 6. The lowest BCUT2D eigenvalue weighted by Crippen LogP contribution is -2.39. The number of para-hydroxylation sites is 1. The lowest BCUT2D eigenvalue weighted by molar-refractivity contribution is -0.101. The van der Waals surface area contributed by atoms with Gasteiger partial charge in [0.2, 0.25) is 0 Å². The van der Waals surface area contributed by atoms with E-state index >= 15 is 0 Å². The van der Waals surface area contributed by atoms with Crippen molar-refractivity contribution in [2.24, 2.45) is 5.18 Å². The number of carbonyl (C=O) groups is 1. The minimum atomic E-state index is -0.461. The predicted molar refractivity (Wildman–Crippen MR) is 115 cm³/mol. The summed E-state index contributed by atoms with van der Waals surface area (Å²) in [5.41, 5.74) is 2.38. The first-order valence-corrected chi connectivity index (χ1v) is 10.2. The first-order valence-electron chi connectivity index (χ1n) is 9.10. The van der Waals surface area contributed by atoms with Crippen molar-refractivity contribution in [3.8, 4) is 0 Å². The van der Waals surface area contributed by atoms with Crippen molar-refractivity contribution >= 4 is 34.3 Å². The highest BCUT2D eigenvalue weighted by Gasteiger charge is 2.23. The smallest absolute Gasteiger partial charge is 0.267 e. The van der Waals surface area contributed by atoms with Gasteiger partial charge in [0.05, 0.1) is 10.8 Å². The zero-order valence-electron chi connectivity index (χ0n) is 16.3.